The maximum Gasteiger partial charge on any atom is 0.255 e. The van der Waals surface area contributed by atoms with Crippen molar-refractivity contribution in [1.82, 2.24) is 5.32 Å². The highest BCUT2D eigenvalue weighted by Crippen LogP contribution is 2.32. The normalized spacial score (nSPS) is 16.6. The van der Waals surface area contributed by atoms with Gasteiger partial charge in [-0.15, -0.1) is 0 Å². The maximum absolute atomic E-state index is 12.4. The second-order valence-electron chi connectivity index (χ2n) is 5.74. The molecule has 2 aromatic carbocycles. The molecule has 0 radical (unpaired) electrons. The van der Waals surface area contributed by atoms with Crippen LogP contribution in [0, 0.1) is 13.8 Å². The Labute approximate surface area is 124 Å². The van der Waals surface area contributed by atoms with E-state index in [1.807, 2.05) is 13.0 Å². The Kier molecular flexibility index (Phi) is 3.42. The SMILES string of the molecule is Cc1ccc2c(c1)CC[C@H]2NC(=O)c1c(C)cccc1O. The van der Waals surface area contributed by atoms with E-state index in [2.05, 4.69) is 30.4 Å². The number of aromatic hydroxyl groups is 1. The van der Waals surface area contributed by atoms with Crippen LogP contribution in [0.3, 0.4) is 0 Å². The molecule has 2 aromatic rings. The number of carbonyl (C=O) groups excluding carboxylic acids is 1. The highest BCUT2D eigenvalue weighted by molar-refractivity contribution is 5.98. The Bertz CT molecular complexity index is 686. The molecular formula is C18H19NO2. The first kappa shape index (κ1) is 13.7. The molecule has 0 aliphatic heterocycles. The van der Waals surface area contributed by atoms with Crippen molar-refractivity contribution in [3.8, 4) is 5.75 Å². The van der Waals surface area contributed by atoms with Gasteiger partial charge in [0.15, 0.2) is 0 Å². The van der Waals surface area contributed by atoms with Crippen LogP contribution in [0.4, 0.5) is 0 Å². The summed E-state index contributed by atoms with van der Waals surface area (Å²) >= 11 is 0. The summed E-state index contributed by atoms with van der Waals surface area (Å²) < 4.78 is 0. The van der Waals surface area contributed by atoms with Gasteiger partial charge in [-0.25, -0.2) is 0 Å². The number of hydrogen-bond donors (Lipinski definition) is 2. The number of amides is 1. The monoisotopic (exact) mass is 281 g/mol. The van der Waals surface area contributed by atoms with Crippen molar-refractivity contribution in [1.29, 1.82) is 0 Å². The van der Waals surface area contributed by atoms with E-state index in [0.717, 1.165) is 18.4 Å². The zero-order valence-corrected chi connectivity index (χ0v) is 12.3. The van der Waals surface area contributed by atoms with E-state index in [0.29, 0.717) is 5.56 Å². The minimum absolute atomic E-state index is 0.0344. The lowest BCUT2D eigenvalue weighted by atomic mass is 10.0. The van der Waals surface area contributed by atoms with Gasteiger partial charge < -0.3 is 10.4 Å². The Morgan fingerprint density at radius 2 is 2.05 bits per heavy atom. The molecule has 21 heavy (non-hydrogen) atoms. The number of phenols is 1. The van der Waals surface area contributed by atoms with E-state index in [1.165, 1.54) is 16.7 Å². The van der Waals surface area contributed by atoms with E-state index in [-0.39, 0.29) is 17.7 Å². The summed E-state index contributed by atoms with van der Waals surface area (Å²) in [6.07, 6.45) is 1.90. The third kappa shape index (κ3) is 2.51. The molecule has 0 saturated carbocycles. The standard InChI is InChI=1S/C18H19NO2/c1-11-6-8-14-13(10-11)7-9-15(14)19-18(21)17-12(2)4-3-5-16(17)20/h3-6,8,10,15,20H,7,9H2,1-2H3,(H,19,21)/t15-/m1/s1. The van der Waals surface area contributed by atoms with Crippen LogP contribution < -0.4 is 5.32 Å². The topological polar surface area (TPSA) is 49.3 Å². The Balaban J connectivity index is 1.85. The van der Waals surface area contributed by atoms with Crippen LogP contribution in [0.2, 0.25) is 0 Å². The van der Waals surface area contributed by atoms with Crippen LogP contribution in [-0.2, 0) is 6.42 Å². The van der Waals surface area contributed by atoms with E-state index in [9.17, 15) is 9.90 Å². The van der Waals surface area contributed by atoms with Gasteiger partial charge in [0, 0.05) is 0 Å². The van der Waals surface area contributed by atoms with Gasteiger partial charge in [-0.05, 0) is 49.4 Å². The molecule has 0 fully saturated rings. The average Bonchev–Trinajstić information content (AvgIpc) is 2.80. The molecule has 2 N–H and O–H groups in total. The highest BCUT2D eigenvalue weighted by Gasteiger charge is 2.25. The summed E-state index contributed by atoms with van der Waals surface area (Å²) in [4.78, 5) is 12.4. The van der Waals surface area contributed by atoms with E-state index in [4.69, 9.17) is 0 Å². The lowest BCUT2D eigenvalue weighted by molar-refractivity contribution is 0.0933. The molecule has 0 unspecified atom stereocenters. The predicted octanol–water partition coefficient (Wildman–Crippen LogP) is 3.43. The van der Waals surface area contributed by atoms with Crippen LogP contribution in [-0.4, -0.2) is 11.0 Å². The predicted molar refractivity (Wildman–Crippen MR) is 82.6 cm³/mol. The zero-order valence-electron chi connectivity index (χ0n) is 12.3. The van der Waals surface area contributed by atoms with Crippen LogP contribution >= 0.6 is 0 Å². The minimum atomic E-state index is -0.205. The lowest BCUT2D eigenvalue weighted by Crippen LogP contribution is -2.27. The Morgan fingerprint density at radius 3 is 2.81 bits per heavy atom. The molecule has 3 rings (SSSR count). The van der Waals surface area contributed by atoms with Crippen molar-refractivity contribution in [2.24, 2.45) is 0 Å². The highest BCUT2D eigenvalue weighted by atomic mass is 16.3. The average molecular weight is 281 g/mol. The number of aryl methyl sites for hydroxylation is 3. The molecular weight excluding hydrogens is 262 g/mol. The number of hydrogen-bond acceptors (Lipinski definition) is 2. The molecule has 0 saturated heterocycles. The lowest BCUT2D eigenvalue weighted by Gasteiger charge is -2.16. The van der Waals surface area contributed by atoms with Gasteiger partial charge in [0.05, 0.1) is 11.6 Å². The number of phenolic OH excluding ortho intramolecular Hbond substituents is 1. The number of carbonyl (C=O) groups is 1. The van der Waals surface area contributed by atoms with Crippen molar-refractivity contribution in [3.05, 3.63) is 64.2 Å². The third-order valence-corrected chi connectivity index (χ3v) is 4.16. The zero-order chi connectivity index (χ0) is 15.0. The first-order chi connectivity index (χ1) is 10.1. The summed E-state index contributed by atoms with van der Waals surface area (Å²) in [6, 6.07) is 11.5. The minimum Gasteiger partial charge on any atom is -0.507 e. The van der Waals surface area contributed by atoms with Crippen LogP contribution in [0.15, 0.2) is 36.4 Å². The first-order valence-electron chi connectivity index (χ1n) is 7.25. The largest absolute Gasteiger partial charge is 0.507 e. The molecule has 108 valence electrons. The summed E-state index contributed by atoms with van der Waals surface area (Å²) in [7, 11) is 0. The van der Waals surface area contributed by atoms with Crippen molar-refractivity contribution < 1.29 is 9.90 Å². The summed E-state index contributed by atoms with van der Waals surface area (Å²) in [5, 5.41) is 13.0. The molecule has 1 aliphatic carbocycles. The van der Waals surface area contributed by atoms with Gasteiger partial charge in [-0.1, -0.05) is 35.9 Å². The van der Waals surface area contributed by atoms with E-state index >= 15 is 0 Å². The summed E-state index contributed by atoms with van der Waals surface area (Å²) in [5.41, 5.74) is 4.92. The Morgan fingerprint density at radius 1 is 1.24 bits per heavy atom. The molecule has 3 nitrogen and oxygen atoms in total. The molecule has 1 aliphatic rings. The molecule has 1 amide bonds. The van der Waals surface area contributed by atoms with Gasteiger partial charge >= 0.3 is 0 Å². The Hall–Kier alpha value is -2.29. The number of rotatable bonds is 2. The van der Waals surface area contributed by atoms with Gasteiger partial charge in [-0.2, -0.15) is 0 Å². The molecule has 1 atom stereocenters. The fourth-order valence-electron chi connectivity index (χ4n) is 3.07. The third-order valence-electron chi connectivity index (χ3n) is 4.16. The van der Waals surface area contributed by atoms with Crippen molar-refractivity contribution in [2.45, 2.75) is 32.7 Å². The molecule has 3 heteroatoms. The van der Waals surface area contributed by atoms with E-state index in [1.54, 1.807) is 12.1 Å². The second-order valence-corrected chi connectivity index (χ2v) is 5.74. The summed E-state index contributed by atoms with van der Waals surface area (Å²) in [5.74, 6) is -0.168. The number of fused-ring (bicyclic) bond motifs is 1. The van der Waals surface area contributed by atoms with Crippen molar-refractivity contribution >= 4 is 5.91 Å². The number of nitrogens with one attached hydrogen (secondary N) is 1. The molecule has 0 bridgehead atoms. The van der Waals surface area contributed by atoms with Gasteiger partial charge in [-0.3, -0.25) is 4.79 Å². The fraction of sp³-hybridized carbons (Fsp3) is 0.278. The van der Waals surface area contributed by atoms with Gasteiger partial charge in [0.2, 0.25) is 0 Å². The maximum atomic E-state index is 12.4. The fourth-order valence-corrected chi connectivity index (χ4v) is 3.07. The molecule has 0 spiro atoms. The van der Waals surface area contributed by atoms with Crippen molar-refractivity contribution in [3.63, 3.8) is 0 Å². The first-order valence-corrected chi connectivity index (χ1v) is 7.25. The van der Waals surface area contributed by atoms with Crippen molar-refractivity contribution in [2.75, 3.05) is 0 Å². The number of benzene rings is 2. The van der Waals surface area contributed by atoms with Gasteiger partial charge in [0.25, 0.3) is 5.91 Å². The van der Waals surface area contributed by atoms with Crippen LogP contribution in [0.5, 0.6) is 5.75 Å². The smallest absolute Gasteiger partial charge is 0.255 e. The quantitative estimate of drug-likeness (QED) is 0.886. The summed E-state index contributed by atoms with van der Waals surface area (Å²) in [6.45, 7) is 3.91. The second kappa shape index (κ2) is 5.24. The van der Waals surface area contributed by atoms with Crippen LogP contribution in [0.25, 0.3) is 0 Å². The molecule has 0 heterocycles. The van der Waals surface area contributed by atoms with E-state index < -0.39 is 0 Å². The van der Waals surface area contributed by atoms with Crippen LogP contribution in [0.1, 0.15) is 45.1 Å². The van der Waals surface area contributed by atoms with Gasteiger partial charge in [0.1, 0.15) is 5.75 Å². The molecule has 0 aromatic heterocycles.